The highest BCUT2D eigenvalue weighted by Crippen LogP contribution is 2.38. The fourth-order valence-corrected chi connectivity index (χ4v) is 3.06. The van der Waals surface area contributed by atoms with Crippen LogP contribution in [0.3, 0.4) is 0 Å². The van der Waals surface area contributed by atoms with E-state index in [2.05, 4.69) is 5.32 Å². The van der Waals surface area contributed by atoms with Crippen molar-refractivity contribution in [2.45, 2.75) is 0 Å². The van der Waals surface area contributed by atoms with Gasteiger partial charge in [-0.25, -0.2) is 0 Å². The maximum Gasteiger partial charge on any atom is 0.274 e. The number of carbonyl (C=O) groups excluding carboxylic acids is 1. The van der Waals surface area contributed by atoms with Gasteiger partial charge in [0.1, 0.15) is 17.2 Å². The number of para-hydroxylation sites is 1. The third-order valence-electron chi connectivity index (χ3n) is 4.48. The van der Waals surface area contributed by atoms with Crippen molar-refractivity contribution in [1.29, 1.82) is 0 Å². The molecule has 0 aliphatic carbocycles. The summed E-state index contributed by atoms with van der Waals surface area (Å²) in [5.74, 6) is 0.898. The Labute approximate surface area is 166 Å². The molecule has 0 radical (unpaired) electrons. The summed E-state index contributed by atoms with van der Waals surface area (Å²) >= 11 is 0. The molecule has 1 aliphatic rings. The smallest absolute Gasteiger partial charge is 0.274 e. The first-order valence-corrected chi connectivity index (χ1v) is 8.78. The number of anilines is 1. The largest absolute Gasteiger partial charge is 0.497 e. The van der Waals surface area contributed by atoms with Gasteiger partial charge in [-0.15, -0.1) is 0 Å². The Hall–Kier alpha value is -4.13. The zero-order chi connectivity index (χ0) is 20.4. The molecule has 0 saturated heterocycles. The van der Waals surface area contributed by atoms with Gasteiger partial charge in [-0.1, -0.05) is 30.3 Å². The molecule has 0 bridgehead atoms. The van der Waals surface area contributed by atoms with E-state index in [1.165, 1.54) is 19.2 Å². The van der Waals surface area contributed by atoms with Gasteiger partial charge in [0.05, 0.1) is 23.7 Å². The molecule has 3 aromatic rings. The third-order valence-corrected chi connectivity index (χ3v) is 4.48. The second kappa shape index (κ2) is 7.47. The SMILES string of the molecule is COc1cccc(NC(=O)c2cc([N+](=O)[O-])cc3c2C=Cc2ccccc2O3)c1. The molecule has 1 heterocycles. The molecule has 0 unspecified atom stereocenters. The van der Waals surface area contributed by atoms with Crippen LogP contribution in [-0.2, 0) is 0 Å². The fraction of sp³-hybridized carbons (Fsp3) is 0.0455. The van der Waals surface area contributed by atoms with Crippen molar-refractivity contribution in [3.8, 4) is 17.2 Å². The summed E-state index contributed by atoms with van der Waals surface area (Å²) in [6.07, 6.45) is 3.54. The minimum absolute atomic E-state index is 0.140. The molecule has 7 nitrogen and oxygen atoms in total. The number of ether oxygens (including phenoxy) is 2. The molecule has 144 valence electrons. The summed E-state index contributed by atoms with van der Waals surface area (Å²) in [6.45, 7) is 0. The van der Waals surface area contributed by atoms with Gasteiger partial charge in [0.25, 0.3) is 11.6 Å². The highest BCUT2D eigenvalue weighted by Gasteiger charge is 2.23. The molecule has 7 heteroatoms. The molecular weight excluding hydrogens is 372 g/mol. The van der Waals surface area contributed by atoms with Crippen molar-refractivity contribution < 1.29 is 19.2 Å². The maximum absolute atomic E-state index is 13.0. The van der Waals surface area contributed by atoms with Crippen LogP contribution < -0.4 is 14.8 Å². The average Bonchev–Trinajstić information content (AvgIpc) is 2.92. The summed E-state index contributed by atoms with van der Waals surface area (Å²) < 4.78 is 11.1. The number of hydrogen-bond acceptors (Lipinski definition) is 5. The number of nitro groups is 1. The number of fused-ring (bicyclic) bond motifs is 2. The number of amides is 1. The van der Waals surface area contributed by atoms with Crippen LogP contribution in [0.4, 0.5) is 11.4 Å². The Morgan fingerprint density at radius 3 is 2.66 bits per heavy atom. The number of rotatable bonds is 4. The Kier molecular flexibility index (Phi) is 4.70. The number of methoxy groups -OCH3 is 1. The van der Waals surface area contributed by atoms with Crippen molar-refractivity contribution in [3.05, 3.63) is 87.5 Å². The Morgan fingerprint density at radius 2 is 1.86 bits per heavy atom. The summed E-state index contributed by atoms with van der Waals surface area (Å²) in [5.41, 5.74) is 1.70. The van der Waals surface area contributed by atoms with Gasteiger partial charge in [0, 0.05) is 28.9 Å². The van der Waals surface area contributed by atoms with Gasteiger partial charge in [-0.05, 0) is 24.3 Å². The Balaban J connectivity index is 1.78. The first-order chi connectivity index (χ1) is 14.0. The van der Waals surface area contributed by atoms with Crippen LogP contribution in [0, 0.1) is 10.1 Å². The summed E-state index contributed by atoms with van der Waals surface area (Å²) in [6, 6.07) is 16.7. The monoisotopic (exact) mass is 388 g/mol. The highest BCUT2D eigenvalue weighted by molar-refractivity contribution is 6.08. The molecule has 0 fully saturated rings. The van der Waals surface area contributed by atoms with E-state index in [-0.39, 0.29) is 17.0 Å². The van der Waals surface area contributed by atoms with Crippen LogP contribution in [0.25, 0.3) is 12.2 Å². The number of nitrogens with one attached hydrogen (secondary N) is 1. The number of hydrogen-bond donors (Lipinski definition) is 1. The molecule has 4 rings (SSSR count). The van der Waals surface area contributed by atoms with Gasteiger partial charge in [-0.2, -0.15) is 0 Å². The predicted molar refractivity (Wildman–Crippen MR) is 109 cm³/mol. The van der Waals surface area contributed by atoms with E-state index >= 15 is 0 Å². The number of non-ortho nitro benzene ring substituents is 1. The molecule has 0 aromatic heterocycles. The topological polar surface area (TPSA) is 90.7 Å². The van der Waals surface area contributed by atoms with Crippen LogP contribution in [-0.4, -0.2) is 17.9 Å². The third kappa shape index (κ3) is 3.66. The van der Waals surface area contributed by atoms with E-state index in [4.69, 9.17) is 9.47 Å². The lowest BCUT2D eigenvalue weighted by molar-refractivity contribution is -0.384. The normalized spacial score (nSPS) is 11.5. The van der Waals surface area contributed by atoms with Gasteiger partial charge in [0.2, 0.25) is 0 Å². The minimum atomic E-state index is -0.549. The second-order valence-corrected chi connectivity index (χ2v) is 6.32. The summed E-state index contributed by atoms with van der Waals surface area (Å²) in [5, 5.41) is 14.2. The highest BCUT2D eigenvalue weighted by atomic mass is 16.6. The zero-order valence-corrected chi connectivity index (χ0v) is 15.4. The number of nitro benzene ring substituents is 1. The van der Waals surface area contributed by atoms with Gasteiger partial charge in [-0.3, -0.25) is 14.9 Å². The van der Waals surface area contributed by atoms with Crippen molar-refractivity contribution in [2.75, 3.05) is 12.4 Å². The van der Waals surface area contributed by atoms with E-state index in [0.29, 0.717) is 22.7 Å². The molecule has 29 heavy (non-hydrogen) atoms. The van der Waals surface area contributed by atoms with Gasteiger partial charge >= 0.3 is 0 Å². The molecule has 3 aromatic carbocycles. The number of carbonyl (C=O) groups is 1. The van der Waals surface area contributed by atoms with Crippen LogP contribution in [0.15, 0.2) is 60.7 Å². The van der Waals surface area contributed by atoms with Crippen molar-refractivity contribution in [1.82, 2.24) is 0 Å². The standard InChI is InChI=1S/C22H16N2O5/c1-28-17-7-4-6-15(11-17)23-22(25)19-12-16(24(26)27)13-21-18(19)10-9-14-5-2-3-8-20(14)29-21/h2-13H,1H3,(H,23,25). The number of nitrogens with zero attached hydrogens (tertiary/aromatic N) is 1. The zero-order valence-electron chi connectivity index (χ0n) is 15.4. The maximum atomic E-state index is 13.0. The van der Waals surface area contributed by atoms with Crippen molar-refractivity contribution in [2.24, 2.45) is 0 Å². The van der Waals surface area contributed by atoms with Crippen molar-refractivity contribution >= 4 is 29.4 Å². The minimum Gasteiger partial charge on any atom is -0.497 e. The van der Waals surface area contributed by atoms with E-state index < -0.39 is 10.8 Å². The van der Waals surface area contributed by atoms with Crippen molar-refractivity contribution in [3.63, 3.8) is 0 Å². The predicted octanol–water partition coefficient (Wildman–Crippen LogP) is 5.13. The molecule has 0 saturated carbocycles. The van der Waals surface area contributed by atoms with E-state index in [9.17, 15) is 14.9 Å². The Morgan fingerprint density at radius 1 is 1.03 bits per heavy atom. The van der Waals surface area contributed by atoms with Crippen LogP contribution in [0.2, 0.25) is 0 Å². The first kappa shape index (κ1) is 18.2. The summed E-state index contributed by atoms with van der Waals surface area (Å²) in [7, 11) is 1.53. The average molecular weight is 388 g/mol. The first-order valence-electron chi connectivity index (χ1n) is 8.78. The Bertz CT molecular complexity index is 1150. The second-order valence-electron chi connectivity index (χ2n) is 6.32. The lowest BCUT2D eigenvalue weighted by Gasteiger charge is -2.13. The molecule has 1 N–H and O–H groups in total. The number of benzene rings is 3. The molecular formula is C22H16N2O5. The van der Waals surface area contributed by atoms with Crippen LogP contribution >= 0.6 is 0 Å². The molecule has 0 spiro atoms. The van der Waals surface area contributed by atoms with Gasteiger partial charge < -0.3 is 14.8 Å². The molecule has 0 atom stereocenters. The quantitative estimate of drug-likeness (QED) is 0.386. The van der Waals surface area contributed by atoms with E-state index in [1.807, 2.05) is 24.3 Å². The van der Waals surface area contributed by atoms with Crippen LogP contribution in [0.5, 0.6) is 17.2 Å². The lowest BCUT2D eigenvalue weighted by atomic mass is 10.0. The molecule has 1 amide bonds. The summed E-state index contributed by atoms with van der Waals surface area (Å²) in [4.78, 5) is 23.9. The van der Waals surface area contributed by atoms with E-state index in [0.717, 1.165) is 5.56 Å². The van der Waals surface area contributed by atoms with Gasteiger partial charge in [0.15, 0.2) is 0 Å². The lowest BCUT2D eigenvalue weighted by Crippen LogP contribution is -2.14. The fourth-order valence-electron chi connectivity index (χ4n) is 3.06. The molecule has 1 aliphatic heterocycles. The van der Waals surface area contributed by atoms with E-state index in [1.54, 1.807) is 36.4 Å². The van der Waals surface area contributed by atoms with Crippen LogP contribution in [0.1, 0.15) is 21.5 Å².